The lowest BCUT2D eigenvalue weighted by molar-refractivity contribution is 0.104. The minimum Gasteiger partial charge on any atom is -0.494 e. The molecule has 0 saturated carbocycles. The highest BCUT2D eigenvalue weighted by Gasteiger charge is 2.24. The van der Waals surface area contributed by atoms with Crippen molar-refractivity contribution in [1.29, 1.82) is 0 Å². The van der Waals surface area contributed by atoms with E-state index in [1.807, 2.05) is 12.1 Å². The molecule has 4 heteroatoms. The van der Waals surface area contributed by atoms with Crippen molar-refractivity contribution >= 4 is 0 Å². The molecule has 2 rings (SSSR count). The molecular formula is C17H26FNO2. The second kappa shape index (κ2) is 8.35. The molecule has 0 bridgehead atoms. The summed E-state index contributed by atoms with van der Waals surface area (Å²) in [6.45, 7) is 5.88. The lowest BCUT2D eigenvalue weighted by atomic mass is 10.0. The quantitative estimate of drug-likeness (QED) is 0.681. The molecule has 21 heavy (non-hydrogen) atoms. The van der Waals surface area contributed by atoms with E-state index in [0.717, 1.165) is 44.7 Å². The van der Waals surface area contributed by atoms with Crippen LogP contribution in [0.5, 0.6) is 5.75 Å². The number of halogens is 1. The van der Waals surface area contributed by atoms with E-state index in [1.165, 1.54) is 26.0 Å². The SMILES string of the molecule is CCCOCCC(c1ccc(F)c(OC)c1)N1CCCC1. The predicted octanol–water partition coefficient (Wildman–Crippen LogP) is 3.79. The minimum absolute atomic E-state index is 0.291. The Bertz CT molecular complexity index is 433. The Morgan fingerprint density at radius 2 is 2.00 bits per heavy atom. The molecule has 0 radical (unpaired) electrons. The van der Waals surface area contributed by atoms with Gasteiger partial charge in [0.2, 0.25) is 0 Å². The molecule has 118 valence electrons. The molecule has 1 aliphatic heterocycles. The maximum absolute atomic E-state index is 13.6. The number of nitrogens with zero attached hydrogens (tertiary/aromatic N) is 1. The molecule has 0 aromatic heterocycles. The average molecular weight is 295 g/mol. The number of hydrogen-bond donors (Lipinski definition) is 0. The van der Waals surface area contributed by atoms with Gasteiger partial charge in [0, 0.05) is 19.3 Å². The van der Waals surface area contributed by atoms with Gasteiger partial charge in [0.05, 0.1) is 7.11 Å². The Morgan fingerprint density at radius 1 is 1.24 bits per heavy atom. The Labute approximate surface area is 127 Å². The van der Waals surface area contributed by atoms with Gasteiger partial charge in [-0.3, -0.25) is 4.90 Å². The van der Waals surface area contributed by atoms with Crippen molar-refractivity contribution in [3.63, 3.8) is 0 Å². The zero-order valence-electron chi connectivity index (χ0n) is 13.1. The van der Waals surface area contributed by atoms with Crippen LogP contribution in [-0.4, -0.2) is 38.3 Å². The molecule has 0 N–H and O–H groups in total. The monoisotopic (exact) mass is 295 g/mol. The molecule has 0 amide bonds. The Kier molecular flexibility index (Phi) is 6.46. The fraction of sp³-hybridized carbons (Fsp3) is 0.647. The zero-order valence-corrected chi connectivity index (χ0v) is 13.1. The van der Waals surface area contributed by atoms with Crippen LogP contribution in [-0.2, 0) is 4.74 Å². The summed E-state index contributed by atoms with van der Waals surface area (Å²) in [5, 5.41) is 0. The van der Waals surface area contributed by atoms with Gasteiger partial charge in [-0.25, -0.2) is 4.39 Å². The van der Waals surface area contributed by atoms with Crippen LogP contribution >= 0.6 is 0 Å². The normalized spacial score (nSPS) is 17.1. The third-order valence-electron chi connectivity index (χ3n) is 4.03. The van der Waals surface area contributed by atoms with Crippen molar-refractivity contribution in [3.05, 3.63) is 29.6 Å². The van der Waals surface area contributed by atoms with Crippen molar-refractivity contribution in [2.45, 2.75) is 38.6 Å². The highest BCUT2D eigenvalue weighted by Crippen LogP contribution is 2.31. The first kappa shape index (κ1) is 16.2. The van der Waals surface area contributed by atoms with Crippen LogP contribution in [0.25, 0.3) is 0 Å². The van der Waals surface area contributed by atoms with Gasteiger partial charge in [-0.2, -0.15) is 0 Å². The topological polar surface area (TPSA) is 21.7 Å². The molecule has 1 saturated heterocycles. The van der Waals surface area contributed by atoms with E-state index in [0.29, 0.717) is 11.8 Å². The van der Waals surface area contributed by atoms with E-state index in [2.05, 4.69) is 11.8 Å². The van der Waals surface area contributed by atoms with Crippen molar-refractivity contribution in [3.8, 4) is 5.75 Å². The van der Waals surface area contributed by atoms with Crippen LogP contribution in [0, 0.1) is 5.82 Å². The molecule has 1 heterocycles. The third-order valence-corrected chi connectivity index (χ3v) is 4.03. The fourth-order valence-corrected chi connectivity index (χ4v) is 2.94. The zero-order chi connectivity index (χ0) is 15.1. The van der Waals surface area contributed by atoms with Gasteiger partial charge in [-0.05, 0) is 56.5 Å². The van der Waals surface area contributed by atoms with Crippen LogP contribution in [0.2, 0.25) is 0 Å². The Hall–Kier alpha value is -1.13. The summed E-state index contributed by atoms with van der Waals surface area (Å²) in [5.41, 5.74) is 1.12. The van der Waals surface area contributed by atoms with Gasteiger partial charge in [0.1, 0.15) is 0 Å². The number of ether oxygens (including phenoxy) is 2. The van der Waals surface area contributed by atoms with Crippen LogP contribution in [0.4, 0.5) is 4.39 Å². The van der Waals surface area contributed by atoms with Crippen molar-refractivity contribution in [2.75, 3.05) is 33.4 Å². The number of hydrogen-bond acceptors (Lipinski definition) is 3. The first-order valence-corrected chi connectivity index (χ1v) is 7.91. The number of benzene rings is 1. The van der Waals surface area contributed by atoms with E-state index >= 15 is 0 Å². The van der Waals surface area contributed by atoms with Gasteiger partial charge in [-0.1, -0.05) is 13.0 Å². The minimum atomic E-state index is -0.302. The predicted molar refractivity (Wildman–Crippen MR) is 82.2 cm³/mol. The lowest BCUT2D eigenvalue weighted by Gasteiger charge is -2.28. The van der Waals surface area contributed by atoms with E-state index in [-0.39, 0.29) is 5.82 Å². The highest BCUT2D eigenvalue weighted by molar-refractivity contribution is 5.32. The molecule has 3 nitrogen and oxygen atoms in total. The molecule has 0 aliphatic carbocycles. The molecule has 1 aliphatic rings. The average Bonchev–Trinajstić information content (AvgIpc) is 3.02. The van der Waals surface area contributed by atoms with Gasteiger partial charge in [0.25, 0.3) is 0 Å². The van der Waals surface area contributed by atoms with E-state index in [9.17, 15) is 4.39 Å². The molecule has 1 atom stereocenters. The van der Waals surface area contributed by atoms with E-state index < -0.39 is 0 Å². The van der Waals surface area contributed by atoms with Gasteiger partial charge in [0.15, 0.2) is 11.6 Å². The molecule has 0 spiro atoms. The summed E-state index contributed by atoms with van der Waals surface area (Å²) in [5.74, 6) is 0.0230. The Morgan fingerprint density at radius 3 is 2.67 bits per heavy atom. The maximum Gasteiger partial charge on any atom is 0.165 e. The molecule has 1 unspecified atom stereocenters. The van der Waals surface area contributed by atoms with Gasteiger partial charge in [-0.15, -0.1) is 0 Å². The fourth-order valence-electron chi connectivity index (χ4n) is 2.94. The lowest BCUT2D eigenvalue weighted by Crippen LogP contribution is -2.27. The van der Waals surface area contributed by atoms with Crippen LogP contribution in [0.3, 0.4) is 0 Å². The summed E-state index contributed by atoms with van der Waals surface area (Å²) in [4.78, 5) is 2.47. The van der Waals surface area contributed by atoms with E-state index in [4.69, 9.17) is 9.47 Å². The molecular weight excluding hydrogens is 269 g/mol. The standard InChI is InChI=1S/C17H26FNO2/c1-3-11-21-12-8-16(19-9-4-5-10-19)14-6-7-15(18)17(13-14)20-2/h6-7,13,16H,3-5,8-12H2,1-2H3. The summed E-state index contributed by atoms with van der Waals surface area (Å²) < 4.78 is 24.4. The molecule has 1 fully saturated rings. The summed E-state index contributed by atoms with van der Waals surface area (Å²) in [6.07, 6.45) is 4.46. The summed E-state index contributed by atoms with van der Waals surface area (Å²) >= 11 is 0. The van der Waals surface area contributed by atoms with E-state index in [1.54, 1.807) is 0 Å². The van der Waals surface area contributed by atoms with Crippen LogP contribution < -0.4 is 4.74 Å². The first-order chi connectivity index (χ1) is 10.3. The largest absolute Gasteiger partial charge is 0.494 e. The second-order valence-electron chi connectivity index (χ2n) is 5.55. The number of likely N-dealkylation sites (tertiary alicyclic amines) is 1. The molecule has 1 aromatic carbocycles. The maximum atomic E-state index is 13.6. The number of rotatable bonds is 8. The summed E-state index contributed by atoms with van der Waals surface area (Å²) in [6, 6.07) is 5.50. The Balaban J connectivity index is 2.09. The smallest absolute Gasteiger partial charge is 0.165 e. The van der Waals surface area contributed by atoms with Crippen molar-refractivity contribution < 1.29 is 13.9 Å². The van der Waals surface area contributed by atoms with Gasteiger partial charge >= 0.3 is 0 Å². The molecule has 1 aromatic rings. The first-order valence-electron chi connectivity index (χ1n) is 7.91. The van der Waals surface area contributed by atoms with Crippen molar-refractivity contribution in [1.82, 2.24) is 4.90 Å². The van der Waals surface area contributed by atoms with Gasteiger partial charge < -0.3 is 9.47 Å². The summed E-state index contributed by atoms with van der Waals surface area (Å²) in [7, 11) is 1.51. The third kappa shape index (κ3) is 4.42. The second-order valence-corrected chi connectivity index (χ2v) is 5.55. The van der Waals surface area contributed by atoms with Crippen molar-refractivity contribution in [2.24, 2.45) is 0 Å². The highest BCUT2D eigenvalue weighted by atomic mass is 19.1. The van der Waals surface area contributed by atoms with Crippen LogP contribution in [0.15, 0.2) is 18.2 Å². The number of methoxy groups -OCH3 is 1. The van der Waals surface area contributed by atoms with Crippen LogP contribution in [0.1, 0.15) is 44.2 Å².